The van der Waals surface area contributed by atoms with Crippen LogP contribution in [0.3, 0.4) is 0 Å². The molecule has 0 bridgehead atoms. The lowest BCUT2D eigenvalue weighted by Crippen LogP contribution is -2.26. The summed E-state index contributed by atoms with van der Waals surface area (Å²) in [5, 5.41) is 3.28. The Kier molecular flexibility index (Phi) is 4.57. The first-order valence-corrected chi connectivity index (χ1v) is 8.53. The summed E-state index contributed by atoms with van der Waals surface area (Å²) in [6.07, 6.45) is 3.50. The molecule has 0 saturated heterocycles. The van der Waals surface area contributed by atoms with Gasteiger partial charge in [-0.1, -0.05) is 30.3 Å². The zero-order valence-electron chi connectivity index (χ0n) is 15.4. The lowest BCUT2D eigenvalue weighted by atomic mass is 10.0. The molecule has 0 radical (unpaired) electrons. The number of benzene rings is 2. The molecule has 1 heterocycles. The van der Waals surface area contributed by atoms with Gasteiger partial charge < -0.3 is 9.88 Å². The van der Waals surface area contributed by atoms with Gasteiger partial charge in [-0.15, -0.1) is 0 Å². The second kappa shape index (κ2) is 6.56. The first-order chi connectivity index (χ1) is 12.1. The average molecular weight is 355 g/mol. The van der Waals surface area contributed by atoms with Crippen molar-refractivity contribution in [2.75, 3.05) is 5.32 Å². The van der Waals surface area contributed by atoms with Crippen molar-refractivity contribution in [2.45, 2.75) is 39.2 Å². The Morgan fingerprint density at radius 2 is 1.65 bits per heavy atom. The van der Waals surface area contributed by atoms with Crippen molar-refractivity contribution in [1.29, 1.82) is 0 Å². The molecule has 1 N–H and O–H groups in total. The number of anilines is 1. The topological polar surface area (TPSA) is 29.9 Å². The van der Waals surface area contributed by atoms with Crippen LogP contribution in [0.2, 0.25) is 0 Å². The molecule has 0 fully saturated rings. The van der Waals surface area contributed by atoms with Crippen LogP contribution in [0.15, 0.2) is 61.1 Å². The van der Waals surface area contributed by atoms with E-state index in [9.17, 15) is 8.78 Å². The zero-order chi connectivity index (χ0) is 18.9. The minimum absolute atomic E-state index is 0.0308. The van der Waals surface area contributed by atoms with Gasteiger partial charge in [0.15, 0.2) is 0 Å². The summed E-state index contributed by atoms with van der Waals surface area (Å²) in [6.45, 7) is 6.90. The second-order valence-electron chi connectivity index (χ2n) is 7.56. The van der Waals surface area contributed by atoms with Crippen LogP contribution in [0.25, 0.3) is 16.9 Å². The number of hydrogen-bond acceptors (Lipinski definition) is 2. The zero-order valence-corrected chi connectivity index (χ0v) is 15.4. The highest BCUT2D eigenvalue weighted by molar-refractivity contribution is 5.60. The highest BCUT2D eigenvalue weighted by atomic mass is 19.3. The molecule has 1 aromatic heterocycles. The maximum absolute atomic E-state index is 14.0. The van der Waals surface area contributed by atoms with E-state index in [-0.39, 0.29) is 11.1 Å². The number of imidazole rings is 1. The van der Waals surface area contributed by atoms with Crippen LogP contribution in [0.5, 0.6) is 0 Å². The number of halogens is 2. The second-order valence-corrected chi connectivity index (χ2v) is 7.56. The van der Waals surface area contributed by atoms with Gasteiger partial charge in [0.2, 0.25) is 0 Å². The minimum atomic E-state index is -2.92. The standard InChI is InChI=1S/C21H23F2N3/c1-20(2,3)25-17-10-16(21(4,22)23)11-18(12-17)26-13-19(24-14-26)15-8-6-5-7-9-15/h5-14,25H,1-4H3. The van der Waals surface area contributed by atoms with E-state index >= 15 is 0 Å². The van der Waals surface area contributed by atoms with E-state index in [0.717, 1.165) is 18.2 Å². The fourth-order valence-corrected chi connectivity index (χ4v) is 2.74. The van der Waals surface area contributed by atoms with Crippen LogP contribution in [0, 0.1) is 0 Å². The Morgan fingerprint density at radius 3 is 2.27 bits per heavy atom. The number of nitrogens with one attached hydrogen (secondary N) is 1. The molecule has 2 aromatic carbocycles. The summed E-state index contributed by atoms with van der Waals surface area (Å²) >= 11 is 0. The van der Waals surface area contributed by atoms with Gasteiger partial charge in [-0.3, -0.25) is 0 Å². The van der Waals surface area contributed by atoms with Crippen molar-refractivity contribution in [1.82, 2.24) is 9.55 Å². The highest BCUT2D eigenvalue weighted by Gasteiger charge is 2.26. The molecule has 0 unspecified atom stereocenters. The molecule has 0 aliphatic rings. The molecule has 0 saturated carbocycles. The number of aromatic nitrogens is 2. The van der Waals surface area contributed by atoms with Gasteiger partial charge in [0.25, 0.3) is 5.92 Å². The van der Waals surface area contributed by atoms with Gasteiger partial charge in [0, 0.05) is 41.2 Å². The van der Waals surface area contributed by atoms with E-state index in [2.05, 4.69) is 10.3 Å². The molecule has 5 heteroatoms. The van der Waals surface area contributed by atoms with Crippen LogP contribution < -0.4 is 5.32 Å². The molecule has 0 aliphatic carbocycles. The molecule has 136 valence electrons. The van der Waals surface area contributed by atoms with Crippen LogP contribution in [-0.2, 0) is 5.92 Å². The SMILES string of the molecule is CC(C)(C)Nc1cc(-n2cnc(-c3ccccc3)c2)cc(C(C)(F)F)c1. The van der Waals surface area contributed by atoms with Gasteiger partial charge >= 0.3 is 0 Å². The van der Waals surface area contributed by atoms with E-state index in [4.69, 9.17) is 0 Å². The van der Waals surface area contributed by atoms with Crippen molar-refractivity contribution in [3.8, 4) is 16.9 Å². The lowest BCUT2D eigenvalue weighted by Gasteiger charge is -2.24. The summed E-state index contributed by atoms with van der Waals surface area (Å²) in [6, 6.07) is 14.6. The van der Waals surface area contributed by atoms with Crippen molar-refractivity contribution in [3.63, 3.8) is 0 Å². The molecule has 3 nitrogen and oxygen atoms in total. The Hall–Kier alpha value is -2.69. The summed E-state index contributed by atoms with van der Waals surface area (Å²) in [7, 11) is 0. The monoisotopic (exact) mass is 355 g/mol. The smallest absolute Gasteiger partial charge is 0.270 e. The quantitative estimate of drug-likeness (QED) is 0.635. The summed E-state index contributed by atoms with van der Waals surface area (Å²) in [4.78, 5) is 4.41. The van der Waals surface area contributed by atoms with Crippen molar-refractivity contribution in [2.24, 2.45) is 0 Å². The molecule has 26 heavy (non-hydrogen) atoms. The van der Waals surface area contributed by atoms with Crippen molar-refractivity contribution >= 4 is 5.69 Å². The molecule has 0 atom stereocenters. The average Bonchev–Trinajstić information content (AvgIpc) is 3.03. The van der Waals surface area contributed by atoms with Crippen LogP contribution >= 0.6 is 0 Å². The largest absolute Gasteiger partial charge is 0.380 e. The maximum Gasteiger partial charge on any atom is 0.270 e. The van der Waals surface area contributed by atoms with Crippen LogP contribution in [0.1, 0.15) is 33.3 Å². The maximum atomic E-state index is 14.0. The molecule has 3 rings (SSSR count). The lowest BCUT2D eigenvalue weighted by molar-refractivity contribution is 0.0175. The fourth-order valence-electron chi connectivity index (χ4n) is 2.74. The normalized spacial score (nSPS) is 12.2. The summed E-state index contributed by atoms with van der Waals surface area (Å²) < 4.78 is 29.7. The molecular formula is C21H23F2N3. The van der Waals surface area contributed by atoms with Gasteiger partial charge in [0.1, 0.15) is 0 Å². The van der Waals surface area contributed by atoms with Crippen LogP contribution in [-0.4, -0.2) is 15.1 Å². The van der Waals surface area contributed by atoms with E-state index in [1.54, 1.807) is 10.9 Å². The van der Waals surface area contributed by atoms with Crippen molar-refractivity contribution in [3.05, 3.63) is 66.6 Å². The number of nitrogens with zero attached hydrogens (tertiary/aromatic N) is 2. The molecule has 0 spiro atoms. The predicted octanol–water partition coefficient (Wildman–Crippen LogP) is 5.86. The van der Waals surface area contributed by atoms with Gasteiger partial charge in [-0.2, -0.15) is 0 Å². The van der Waals surface area contributed by atoms with E-state index in [1.807, 2.05) is 63.4 Å². The number of hydrogen-bond donors (Lipinski definition) is 1. The first kappa shape index (κ1) is 18.1. The van der Waals surface area contributed by atoms with E-state index in [0.29, 0.717) is 11.4 Å². The summed E-state index contributed by atoms with van der Waals surface area (Å²) in [5.41, 5.74) is 2.81. The Balaban J connectivity index is 2.04. The molecule has 3 aromatic rings. The first-order valence-electron chi connectivity index (χ1n) is 8.53. The Labute approximate surface area is 152 Å². The number of rotatable bonds is 4. The van der Waals surface area contributed by atoms with Gasteiger partial charge in [-0.25, -0.2) is 13.8 Å². The third-order valence-electron chi connectivity index (χ3n) is 3.89. The van der Waals surface area contributed by atoms with E-state index < -0.39 is 5.92 Å². The molecule has 0 aliphatic heterocycles. The highest BCUT2D eigenvalue weighted by Crippen LogP contribution is 2.32. The predicted molar refractivity (Wildman–Crippen MR) is 102 cm³/mol. The molecular weight excluding hydrogens is 332 g/mol. The van der Waals surface area contributed by atoms with Crippen LogP contribution in [0.4, 0.5) is 14.5 Å². The van der Waals surface area contributed by atoms with Gasteiger partial charge in [0.05, 0.1) is 12.0 Å². The number of alkyl halides is 2. The third kappa shape index (κ3) is 4.28. The fraction of sp³-hybridized carbons (Fsp3) is 0.286. The third-order valence-corrected chi connectivity index (χ3v) is 3.89. The Morgan fingerprint density at radius 1 is 0.962 bits per heavy atom. The molecule has 0 amide bonds. The van der Waals surface area contributed by atoms with Gasteiger partial charge in [-0.05, 0) is 39.0 Å². The Bertz CT molecular complexity index is 888. The van der Waals surface area contributed by atoms with Crippen molar-refractivity contribution < 1.29 is 8.78 Å². The summed E-state index contributed by atoms with van der Waals surface area (Å²) in [5.74, 6) is -2.92. The van der Waals surface area contributed by atoms with E-state index in [1.165, 1.54) is 12.1 Å². The minimum Gasteiger partial charge on any atom is -0.380 e.